The van der Waals surface area contributed by atoms with Gasteiger partial charge >= 0.3 is 0 Å². The number of carbonyl (C=O) groups is 1. The van der Waals surface area contributed by atoms with Gasteiger partial charge in [0.2, 0.25) is 6.04 Å². The van der Waals surface area contributed by atoms with Crippen molar-refractivity contribution >= 4 is 11.9 Å². The Hall–Kier alpha value is -1.88. The van der Waals surface area contributed by atoms with E-state index in [0.29, 0.717) is 0 Å². The molecule has 108 valence electrons. The predicted molar refractivity (Wildman–Crippen MR) is 60.4 cm³/mol. The van der Waals surface area contributed by atoms with Crippen LogP contribution < -0.4 is 5.32 Å². The van der Waals surface area contributed by atoms with Crippen molar-refractivity contribution in [2.75, 3.05) is 6.61 Å². The quantitative estimate of drug-likeness (QED) is 0.380. The molecule has 10 heteroatoms. The molecule has 2 fully saturated rings. The third-order valence-electron chi connectivity index (χ3n) is 3.29. The number of hydrogen-bond donors (Lipinski definition) is 5. The summed E-state index contributed by atoms with van der Waals surface area (Å²) in [5.74, 6) is -0.574. The highest BCUT2D eigenvalue weighted by Gasteiger charge is 2.49. The molecule has 3 aliphatic heterocycles. The molecule has 1 amide bonds. The lowest BCUT2D eigenvalue weighted by atomic mass is 10.0. The van der Waals surface area contributed by atoms with E-state index in [9.17, 15) is 15.0 Å². The molecule has 3 aliphatic rings. The minimum absolute atomic E-state index is 0.00594. The first-order valence-corrected chi connectivity index (χ1v) is 5.87. The van der Waals surface area contributed by atoms with E-state index in [4.69, 9.17) is 20.0 Å². The summed E-state index contributed by atoms with van der Waals surface area (Å²) in [6.45, 7) is -0.477. The van der Waals surface area contributed by atoms with Gasteiger partial charge in [-0.15, -0.1) is 0 Å². The van der Waals surface area contributed by atoms with Crippen LogP contribution in [0.4, 0.5) is 0 Å². The molecule has 0 aromatic rings. The van der Waals surface area contributed by atoms with Crippen molar-refractivity contribution in [3.8, 4) is 0 Å². The highest BCUT2D eigenvalue weighted by molar-refractivity contribution is 6.00. The number of ether oxygens (including phenoxy) is 2. The molecule has 0 aromatic carbocycles. The molecule has 0 bridgehead atoms. The van der Waals surface area contributed by atoms with Crippen molar-refractivity contribution in [2.45, 2.75) is 30.5 Å². The molecule has 3 heterocycles. The van der Waals surface area contributed by atoms with Crippen LogP contribution in [0.15, 0.2) is 21.7 Å². The fourth-order valence-electron chi connectivity index (χ4n) is 2.28. The Morgan fingerprint density at radius 1 is 1.35 bits per heavy atom. The number of aliphatic hydroxyl groups excluding tert-OH is 3. The predicted octanol–water partition coefficient (Wildman–Crippen LogP) is -2.40. The number of nitrogens with one attached hydrogen (secondary N) is 2. The lowest BCUT2D eigenvalue weighted by molar-refractivity contribution is -0.122. The molecule has 0 aromatic heterocycles. The number of nitrogens with zero attached hydrogens (tertiary/aromatic N) is 2. The van der Waals surface area contributed by atoms with Gasteiger partial charge < -0.3 is 24.8 Å². The largest absolute Gasteiger partial charge is 0.425 e. The second-order valence-electron chi connectivity index (χ2n) is 4.55. The zero-order valence-electron chi connectivity index (χ0n) is 10.1. The summed E-state index contributed by atoms with van der Waals surface area (Å²) >= 11 is 0. The van der Waals surface area contributed by atoms with E-state index >= 15 is 0 Å². The average Bonchev–Trinajstić information content (AvgIpc) is 2.93. The van der Waals surface area contributed by atoms with Crippen LogP contribution in [0.1, 0.15) is 0 Å². The first kappa shape index (κ1) is 13.1. The van der Waals surface area contributed by atoms with Gasteiger partial charge in [0.25, 0.3) is 11.9 Å². The van der Waals surface area contributed by atoms with Gasteiger partial charge in [-0.25, -0.2) is 0 Å². The summed E-state index contributed by atoms with van der Waals surface area (Å²) in [6.07, 6.45) is -4.67. The SMILES string of the molecule is N=C1NC(=O)C2N=NC([C@@H]3O[C@H](CO)[C@@H](O)[C@H]3O)=C2O1. The van der Waals surface area contributed by atoms with Gasteiger partial charge in [-0.3, -0.25) is 15.5 Å². The van der Waals surface area contributed by atoms with Crippen molar-refractivity contribution < 1.29 is 29.6 Å². The second-order valence-corrected chi connectivity index (χ2v) is 4.55. The summed E-state index contributed by atoms with van der Waals surface area (Å²) in [5.41, 5.74) is 0.0390. The van der Waals surface area contributed by atoms with Crippen LogP contribution in [-0.2, 0) is 14.3 Å². The number of azo groups is 1. The molecule has 5 atom stereocenters. The van der Waals surface area contributed by atoms with Gasteiger partial charge in [-0.1, -0.05) is 0 Å². The maximum atomic E-state index is 11.6. The third-order valence-corrected chi connectivity index (χ3v) is 3.29. The number of fused-ring (bicyclic) bond motifs is 1. The minimum atomic E-state index is -1.34. The molecule has 0 radical (unpaired) electrons. The average molecular weight is 284 g/mol. The first-order valence-electron chi connectivity index (χ1n) is 5.87. The van der Waals surface area contributed by atoms with Crippen molar-refractivity contribution in [1.29, 1.82) is 5.41 Å². The van der Waals surface area contributed by atoms with Crippen LogP contribution in [0.3, 0.4) is 0 Å². The Kier molecular flexibility index (Phi) is 3.01. The van der Waals surface area contributed by atoms with Crippen molar-refractivity contribution in [1.82, 2.24) is 5.32 Å². The lowest BCUT2D eigenvalue weighted by Crippen LogP contribution is -2.45. The maximum Gasteiger partial charge on any atom is 0.294 e. The molecule has 5 N–H and O–H groups in total. The van der Waals surface area contributed by atoms with E-state index in [1.54, 1.807) is 0 Å². The maximum absolute atomic E-state index is 11.6. The summed E-state index contributed by atoms with van der Waals surface area (Å²) in [5, 5.41) is 45.6. The third kappa shape index (κ3) is 1.81. The molecular weight excluding hydrogens is 272 g/mol. The van der Waals surface area contributed by atoms with E-state index in [2.05, 4.69) is 15.5 Å². The molecule has 2 saturated heterocycles. The summed E-state index contributed by atoms with van der Waals surface area (Å²) in [4.78, 5) is 11.6. The zero-order valence-corrected chi connectivity index (χ0v) is 10.1. The van der Waals surface area contributed by atoms with Crippen LogP contribution in [-0.4, -0.2) is 64.3 Å². The van der Waals surface area contributed by atoms with Crippen LogP contribution in [0.25, 0.3) is 0 Å². The Labute approximate surface area is 112 Å². The molecule has 0 saturated carbocycles. The molecule has 0 aliphatic carbocycles. The van der Waals surface area contributed by atoms with Crippen LogP contribution in [0.2, 0.25) is 0 Å². The topological polar surface area (TPSA) is 157 Å². The number of rotatable bonds is 2. The summed E-state index contributed by atoms with van der Waals surface area (Å²) in [6, 6.07) is -1.50. The normalized spacial score (nSPS) is 39.9. The highest BCUT2D eigenvalue weighted by atomic mass is 16.6. The Bertz CT molecular complexity index is 532. The fourth-order valence-corrected chi connectivity index (χ4v) is 2.28. The van der Waals surface area contributed by atoms with Gasteiger partial charge in [0.1, 0.15) is 30.1 Å². The Balaban J connectivity index is 1.92. The number of carbonyl (C=O) groups excluding carboxylic acids is 1. The van der Waals surface area contributed by atoms with E-state index in [-0.39, 0.29) is 11.5 Å². The van der Waals surface area contributed by atoms with Crippen LogP contribution in [0.5, 0.6) is 0 Å². The molecule has 20 heavy (non-hydrogen) atoms. The minimum Gasteiger partial charge on any atom is -0.425 e. The number of aliphatic hydroxyl groups is 3. The van der Waals surface area contributed by atoms with Gasteiger partial charge in [-0.05, 0) is 0 Å². The van der Waals surface area contributed by atoms with Gasteiger partial charge in [0, 0.05) is 0 Å². The van der Waals surface area contributed by atoms with Crippen LogP contribution >= 0.6 is 0 Å². The number of amidine groups is 1. The lowest BCUT2D eigenvalue weighted by Gasteiger charge is -2.21. The van der Waals surface area contributed by atoms with E-state index in [1.807, 2.05) is 0 Å². The van der Waals surface area contributed by atoms with E-state index in [1.165, 1.54) is 0 Å². The molecule has 10 nitrogen and oxygen atoms in total. The monoisotopic (exact) mass is 284 g/mol. The fraction of sp³-hybridized carbons (Fsp3) is 0.600. The Morgan fingerprint density at radius 3 is 2.75 bits per heavy atom. The van der Waals surface area contributed by atoms with Gasteiger partial charge in [-0.2, -0.15) is 10.2 Å². The number of amides is 1. The van der Waals surface area contributed by atoms with Gasteiger partial charge in [0.15, 0.2) is 5.76 Å². The number of hydrogen-bond acceptors (Lipinski definition) is 9. The Morgan fingerprint density at radius 2 is 2.10 bits per heavy atom. The smallest absolute Gasteiger partial charge is 0.294 e. The molecule has 1 unspecified atom stereocenters. The zero-order chi connectivity index (χ0) is 14.4. The van der Waals surface area contributed by atoms with Crippen molar-refractivity contribution in [3.05, 3.63) is 11.5 Å². The molecule has 0 spiro atoms. The van der Waals surface area contributed by atoms with Crippen molar-refractivity contribution in [3.63, 3.8) is 0 Å². The molecular formula is C10H12N4O6. The van der Waals surface area contributed by atoms with E-state index in [0.717, 1.165) is 0 Å². The first-order chi connectivity index (χ1) is 9.52. The van der Waals surface area contributed by atoms with Crippen LogP contribution in [0, 0.1) is 5.41 Å². The second kappa shape index (κ2) is 4.59. The standard InChI is InChI=1S/C10H12N4O6/c11-10-12-9(18)4-7(20-10)3(13-14-4)8-6(17)5(16)2(1-15)19-8/h2,4-6,8,15-17H,1H2,(H2,11,12,18)/t2-,4?,5-,6-,8+/m1/s1. The highest BCUT2D eigenvalue weighted by Crippen LogP contribution is 2.35. The van der Waals surface area contributed by atoms with Gasteiger partial charge in [0.05, 0.1) is 6.61 Å². The molecule has 3 rings (SSSR count). The summed E-state index contributed by atoms with van der Waals surface area (Å²) in [7, 11) is 0. The summed E-state index contributed by atoms with van der Waals surface area (Å²) < 4.78 is 10.4. The van der Waals surface area contributed by atoms with E-state index < -0.39 is 49.0 Å². The van der Waals surface area contributed by atoms with Crippen molar-refractivity contribution in [2.24, 2.45) is 10.2 Å².